The first-order chi connectivity index (χ1) is 5.13. The highest BCUT2D eigenvalue weighted by Gasteiger charge is 2.25. The van der Waals surface area contributed by atoms with Gasteiger partial charge in [0.05, 0.1) is 6.61 Å². The molecule has 64 valence electrons. The molecule has 0 spiro atoms. The number of hydrogen-bond donors (Lipinski definition) is 0. The number of ketones is 1. The molecule has 0 N–H and O–H groups in total. The van der Waals surface area contributed by atoms with E-state index in [2.05, 4.69) is 4.74 Å². The van der Waals surface area contributed by atoms with Gasteiger partial charge in [0.25, 0.3) is 6.17 Å². The van der Waals surface area contributed by atoms with Gasteiger partial charge in [-0.3, -0.25) is 4.79 Å². The summed E-state index contributed by atoms with van der Waals surface area (Å²) in [6.45, 7) is 3.14. The van der Waals surface area contributed by atoms with Gasteiger partial charge in [-0.2, -0.15) is 0 Å². The van der Waals surface area contributed by atoms with Gasteiger partial charge in [0.15, 0.2) is 5.78 Å². The number of rotatable bonds is 4. The number of hydrogen-bond acceptors (Lipinski definition) is 3. The van der Waals surface area contributed by atoms with Gasteiger partial charge in [-0.25, -0.2) is 9.18 Å². The fraction of sp³-hybridized carbons (Fsp3) is 0.714. The number of carbonyl (C=O) groups excluding carboxylic acids is 2. The molecule has 1 atom stereocenters. The summed E-state index contributed by atoms with van der Waals surface area (Å²) in [5, 5.41) is 0. The van der Waals surface area contributed by atoms with Crippen LogP contribution >= 0.6 is 0 Å². The Morgan fingerprint density at radius 3 is 2.36 bits per heavy atom. The highest BCUT2D eigenvalue weighted by Crippen LogP contribution is 1.99. The average Bonchev–Trinajstić information content (AvgIpc) is 2.02. The van der Waals surface area contributed by atoms with Gasteiger partial charge in [0.1, 0.15) is 0 Å². The lowest BCUT2D eigenvalue weighted by Crippen LogP contribution is -2.27. The Morgan fingerprint density at radius 2 is 2.00 bits per heavy atom. The molecule has 0 aliphatic carbocycles. The molecule has 0 bridgehead atoms. The number of Topliss-reactive ketones (excluding diaryl/α,β-unsaturated/α-hetero) is 1. The van der Waals surface area contributed by atoms with Crippen LogP contribution in [0.5, 0.6) is 0 Å². The Bertz CT molecular complexity index is 156. The lowest BCUT2D eigenvalue weighted by atomic mass is 10.2. The van der Waals surface area contributed by atoms with E-state index in [1.165, 1.54) is 6.92 Å². The SMILES string of the molecule is CCOC(=O)[C@H](F)C(=O)CC. The molecule has 0 aromatic carbocycles. The number of alkyl halides is 1. The molecule has 0 heterocycles. The average molecular weight is 162 g/mol. The summed E-state index contributed by atoms with van der Waals surface area (Å²) < 4.78 is 16.8. The molecule has 4 heteroatoms. The summed E-state index contributed by atoms with van der Waals surface area (Å²) in [6, 6.07) is 0. The van der Waals surface area contributed by atoms with Crippen molar-refractivity contribution in [3.05, 3.63) is 0 Å². The van der Waals surface area contributed by atoms with Crippen LogP contribution in [0, 0.1) is 0 Å². The fourth-order valence-electron chi connectivity index (χ4n) is 0.526. The molecule has 3 nitrogen and oxygen atoms in total. The van der Waals surface area contributed by atoms with E-state index in [-0.39, 0.29) is 13.0 Å². The quantitative estimate of drug-likeness (QED) is 0.455. The molecule has 0 saturated heterocycles. The molecule has 0 unspecified atom stereocenters. The molecule has 0 aromatic heterocycles. The Morgan fingerprint density at radius 1 is 1.45 bits per heavy atom. The zero-order chi connectivity index (χ0) is 8.85. The minimum atomic E-state index is -2.10. The number of carbonyl (C=O) groups is 2. The third-order valence-electron chi connectivity index (χ3n) is 1.12. The van der Waals surface area contributed by atoms with Crippen molar-refractivity contribution in [1.29, 1.82) is 0 Å². The van der Waals surface area contributed by atoms with E-state index in [1.807, 2.05) is 0 Å². The standard InChI is InChI=1S/C7H11FO3/c1-3-5(9)6(8)7(10)11-4-2/h6H,3-4H2,1-2H3/t6-/m1/s1. The van der Waals surface area contributed by atoms with Crippen LogP contribution in [-0.4, -0.2) is 24.5 Å². The van der Waals surface area contributed by atoms with Crippen LogP contribution in [-0.2, 0) is 14.3 Å². The van der Waals surface area contributed by atoms with Gasteiger partial charge >= 0.3 is 5.97 Å². The Balaban J connectivity index is 3.91. The molecule has 0 rings (SSSR count). The highest BCUT2D eigenvalue weighted by molar-refractivity contribution is 6.01. The summed E-state index contributed by atoms with van der Waals surface area (Å²) in [5.41, 5.74) is 0. The first-order valence-electron chi connectivity index (χ1n) is 3.46. The van der Waals surface area contributed by atoms with E-state index in [4.69, 9.17) is 0 Å². The molecule has 0 aliphatic heterocycles. The second-order valence-corrected chi connectivity index (χ2v) is 1.93. The monoisotopic (exact) mass is 162 g/mol. The maximum atomic E-state index is 12.6. The third-order valence-corrected chi connectivity index (χ3v) is 1.12. The van der Waals surface area contributed by atoms with Crippen LogP contribution < -0.4 is 0 Å². The second kappa shape index (κ2) is 4.82. The topological polar surface area (TPSA) is 43.4 Å². The molecule has 0 radical (unpaired) electrons. The van der Waals surface area contributed by atoms with Crippen molar-refractivity contribution >= 4 is 11.8 Å². The molecule has 0 saturated carbocycles. The minimum Gasteiger partial charge on any atom is -0.463 e. The van der Waals surface area contributed by atoms with E-state index in [9.17, 15) is 14.0 Å². The van der Waals surface area contributed by atoms with E-state index in [0.717, 1.165) is 0 Å². The van der Waals surface area contributed by atoms with Crippen LogP contribution in [0.3, 0.4) is 0 Å². The Kier molecular flexibility index (Phi) is 4.41. The first-order valence-corrected chi connectivity index (χ1v) is 3.46. The summed E-state index contributed by atoms with van der Waals surface area (Å²) in [6.07, 6.45) is -2.08. The lowest BCUT2D eigenvalue weighted by Gasteiger charge is -2.03. The summed E-state index contributed by atoms with van der Waals surface area (Å²) in [5.74, 6) is -1.82. The molecule has 0 aliphatic rings. The van der Waals surface area contributed by atoms with E-state index >= 15 is 0 Å². The normalized spacial score (nSPS) is 12.3. The zero-order valence-electron chi connectivity index (χ0n) is 6.59. The van der Waals surface area contributed by atoms with Crippen LogP contribution in [0.1, 0.15) is 20.3 Å². The summed E-state index contributed by atoms with van der Waals surface area (Å²) in [4.78, 5) is 21.1. The van der Waals surface area contributed by atoms with Crippen molar-refractivity contribution in [3.63, 3.8) is 0 Å². The van der Waals surface area contributed by atoms with E-state index in [0.29, 0.717) is 0 Å². The molecule has 0 fully saturated rings. The number of halogens is 1. The Hall–Kier alpha value is -0.930. The van der Waals surface area contributed by atoms with Crippen molar-refractivity contribution < 1.29 is 18.7 Å². The largest absolute Gasteiger partial charge is 0.463 e. The predicted molar refractivity (Wildman–Crippen MR) is 36.8 cm³/mol. The molecule has 0 amide bonds. The molecular weight excluding hydrogens is 151 g/mol. The molecule has 0 aromatic rings. The van der Waals surface area contributed by atoms with Gasteiger partial charge in [-0.15, -0.1) is 0 Å². The smallest absolute Gasteiger partial charge is 0.348 e. The molecule has 11 heavy (non-hydrogen) atoms. The lowest BCUT2D eigenvalue weighted by molar-refractivity contribution is -0.152. The van der Waals surface area contributed by atoms with Crippen LogP contribution in [0.25, 0.3) is 0 Å². The van der Waals surface area contributed by atoms with Gasteiger partial charge in [0, 0.05) is 6.42 Å². The maximum absolute atomic E-state index is 12.6. The number of esters is 1. The molecular formula is C7H11FO3. The van der Waals surface area contributed by atoms with Crippen LogP contribution in [0.15, 0.2) is 0 Å². The predicted octanol–water partition coefficient (Wildman–Crippen LogP) is 0.867. The van der Waals surface area contributed by atoms with Crippen molar-refractivity contribution in [2.24, 2.45) is 0 Å². The van der Waals surface area contributed by atoms with Crippen molar-refractivity contribution in [2.75, 3.05) is 6.61 Å². The van der Waals surface area contributed by atoms with Crippen LogP contribution in [0.4, 0.5) is 4.39 Å². The maximum Gasteiger partial charge on any atom is 0.348 e. The summed E-state index contributed by atoms with van der Waals surface area (Å²) >= 11 is 0. The van der Waals surface area contributed by atoms with Gasteiger partial charge < -0.3 is 4.74 Å². The van der Waals surface area contributed by atoms with E-state index in [1.54, 1.807) is 6.92 Å². The fourth-order valence-corrected chi connectivity index (χ4v) is 0.526. The van der Waals surface area contributed by atoms with Gasteiger partial charge in [-0.1, -0.05) is 6.92 Å². The van der Waals surface area contributed by atoms with Crippen LogP contribution in [0.2, 0.25) is 0 Å². The number of ether oxygens (including phenoxy) is 1. The van der Waals surface area contributed by atoms with E-state index < -0.39 is 17.9 Å². The van der Waals surface area contributed by atoms with Crippen molar-refractivity contribution in [1.82, 2.24) is 0 Å². The van der Waals surface area contributed by atoms with Gasteiger partial charge in [0.2, 0.25) is 0 Å². The zero-order valence-corrected chi connectivity index (χ0v) is 6.59. The Labute approximate surface area is 64.5 Å². The van der Waals surface area contributed by atoms with Crippen molar-refractivity contribution in [3.8, 4) is 0 Å². The third kappa shape index (κ3) is 3.11. The minimum absolute atomic E-state index is 0.0139. The van der Waals surface area contributed by atoms with Gasteiger partial charge in [-0.05, 0) is 6.92 Å². The first kappa shape index (κ1) is 10.1. The summed E-state index contributed by atoms with van der Waals surface area (Å²) in [7, 11) is 0. The second-order valence-electron chi connectivity index (χ2n) is 1.93. The highest BCUT2D eigenvalue weighted by atomic mass is 19.1. The van der Waals surface area contributed by atoms with Crippen molar-refractivity contribution in [2.45, 2.75) is 26.4 Å².